The minimum absolute atomic E-state index is 0.0427. The third kappa shape index (κ3) is 4.89. The van der Waals surface area contributed by atoms with Crippen LogP contribution in [0.5, 0.6) is 0 Å². The topological polar surface area (TPSA) is 71.5 Å². The van der Waals surface area contributed by atoms with Crippen LogP contribution in [-0.2, 0) is 4.74 Å². The van der Waals surface area contributed by atoms with Crippen LogP contribution in [0.4, 0.5) is 5.82 Å². The summed E-state index contributed by atoms with van der Waals surface area (Å²) in [6, 6.07) is 1.41. The van der Waals surface area contributed by atoms with E-state index in [1.54, 1.807) is 0 Å². The smallest absolute Gasteiger partial charge is 0.337 e. The fourth-order valence-electron chi connectivity index (χ4n) is 1.30. The molecular formula is C12H17ClN2O3. The third-order valence-electron chi connectivity index (χ3n) is 2.28. The molecule has 0 saturated carbocycles. The number of ether oxygens (including phenoxy) is 1. The maximum atomic E-state index is 10.9. The highest BCUT2D eigenvalue weighted by Crippen LogP contribution is 2.17. The number of rotatable bonds is 8. The summed E-state index contributed by atoms with van der Waals surface area (Å²) >= 11 is 5.71. The molecule has 1 aromatic heterocycles. The molecule has 0 fully saturated rings. The number of anilines is 1. The van der Waals surface area contributed by atoms with Gasteiger partial charge >= 0.3 is 5.97 Å². The Balaban J connectivity index is 2.38. The Labute approximate surface area is 111 Å². The molecule has 0 aliphatic rings. The van der Waals surface area contributed by atoms with Crippen molar-refractivity contribution in [3.8, 4) is 0 Å². The normalized spacial score (nSPS) is 10.3. The number of carboxylic acids is 1. The number of carboxylic acid groups (broad SMARTS) is 1. The van der Waals surface area contributed by atoms with Gasteiger partial charge in [0.15, 0.2) is 0 Å². The van der Waals surface area contributed by atoms with Gasteiger partial charge in [0.05, 0.1) is 17.2 Å². The highest BCUT2D eigenvalue weighted by atomic mass is 35.5. The number of hydrogen-bond donors (Lipinski definition) is 2. The van der Waals surface area contributed by atoms with Crippen molar-refractivity contribution in [3.05, 3.63) is 22.8 Å². The second-order valence-electron chi connectivity index (χ2n) is 3.75. The van der Waals surface area contributed by atoms with Gasteiger partial charge in [-0.15, -0.1) is 0 Å². The van der Waals surface area contributed by atoms with E-state index >= 15 is 0 Å². The Morgan fingerprint density at radius 2 is 2.33 bits per heavy atom. The first-order chi connectivity index (χ1) is 8.65. The predicted octanol–water partition coefficient (Wildman–Crippen LogP) is 2.66. The van der Waals surface area contributed by atoms with Crippen LogP contribution < -0.4 is 5.32 Å². The number of pyridine rings is 1. The molecule has 0 aromatic carbocycles. The molecular weight excluding hydrogens is 256 g/mol. The van der Waals surface area contributed by atoms with Crippen LogP contribution in [0.25, 0.3) is 0 Å². The molecule has 0 amide bonds. The molecule has 1 rings (SSSR count). The Hall–Kier alpha value is -1.33. The van der Waals surface area contributed by atoms with E-state index in [1.807, 2.05) is 0 Å². The van der Waals surface area contributed by atoms with Crippen molar-refractivity contribution in [1.82, 2.24) is 4.98 Å². The summed E-state index contributed by atoms with van der Waals surface area (Å²) in [5, 5.41) is 12.0. The van der Waals surface area contributed by atoms with Gasteiger partial charge in [-0.3, -0.25) is 0 Å². The van der Waals surface area contributed by atoms with Crippen molar-refractivity contribution in [2.24, 2.45) is 0 Å². The lowest BCUT2D eigenvalue weighted by Gasteiger charge is -2.07. The number of aromatic carboxylic acids is 1. The fourth-order valence-corrected chi connectivity index (χ4v) is 1.48. The molecule has 2 N–H and O–H groups in total. The van der Waals surface area contributed by atoms with E-state index in [1.165, 1.54) is 12.3 Å². The van der Waals surface area contributed by atoms with Crippen molar-refractivity contribution in [2.75, 3.05) is 25.1 Å². The van der Waals surface area contributed by atoms with Gasteiger partial charge in [0.25, 0.3) is 0 Å². The average molecular weight is 273 g/mol. The standard InChI is InChI=1S/C12H17ClN2O3/c1-2-3-5-18-6-4-14-11-7-9(12(16)17)10(13)8-15-11/h7-8H,2-6H2,1H3,(H,14,15)(H,16,17). The lowest BCUT2D eigenvalue weighted by atomic mass is 10.2. The molecule has 0 aliphatic heterocycles. The van der Waals surface area contributed by atoms with Crippen molar-refractivity contribution < 1.29 is 14.6 Å². The maximum absolute atomic E-state index is 10.9. The summed E-state index contributed by atoms with van der Waals surface area (Å²) in [7, 11) is 0. The van der Waals surface area contributed by atoms with E-state index in [0.29, 0.717) is 19.0 Å². The highest BCUT2D eigenvalue weighted by Gasteiger charge is 2.09. The van der Waals surface area contributed by atoms with Gasteiger partial charge in [-0.05, 0) is 12.5 Å². The van der Waals surface area contributed by atoms with Crippen molar-refractivity contribution in [1.29, 1.82) is 0 Å². The van der Waals surface area contributed by atoms with Crippen LogP contribution in [-0.4, -0.2) is 35.8 Å². The molecule has 0 spiro atoms. The first-order valence-corrected chi connectivity index (χ1v) is 6.23. The monoisotopic (exact) mass is 272 g/mol. The van der Waals surface area contributed by atoms with Gasteiger partial charge in [-0.25, -0.2) is 9.78 Å². The molecule has 100 valence electrons. The third-order valence-corrected chi connectivity index (χ3v) is 2.58. The molecule has 18 heavy (non-hydrogen) atoms. The molecule has 0 saturated heterocycles. The minimum atomic E-state index is -1.07. The number of aromatic nitrogens is 1. The Bertz CT molecular complexity index is 399. The zero-order chi connectivity index (χ0) is 13.4. The fraction of sp³-hybridized carbons (Fsp3) is 0.500. The zero-order valence-electron chi connectivity index (χ0n) is 10.3. The van der Waals surface area contributed by atoms with Crippen LogP contribution >= 0.6 is 11.6 Å². The minimum Gasteiger partial charge on any atom is -0.478 e. The van der Waals surface area contributed by atoms with Gasteiger partial charge in [-0.1, -0.05) is 24.9 Å². The van der Waals surface area contributed by atoms with Crippen molar-refractivity contribution in [2.45, 2.75) is 19.8 Å². The number of nitrogens with one attached hydrogen (secondary N) is 1. The van der Waals surface area contributed by atoms with Crippen LogP contribution in [0.1, 0.15) is 30.1 Å². The Kier molecular flexibility index (Phi) is 6.46. The maximum Gasteiger partial charge on any atom is 0.337 e. The lowest BCUT2D eigenvalue weighted by molar-refractivity contribution is 0.0697. The Morgan fingerprint density at radius 1 is 1.56 bits per heavy atom. The summed E-state index contributed by atoms with van der Waals surface area (Å²) in [5.74, 6) is -0.583. The van der Waals surface area contributed by atoms with E-state index in [4.69, 9.17) is 21.4 Å². The number of carbonyl (C=O) groups is 1. The number of hydrogen-bond acceptors (Lipinski definition) is 4. The first-order valence-electron chi connectivity index (χ1n) is 5.85. The van der Waals surface area contributed by atoms with Gasteiger partial charge in [0, 0.05) is 19.3 Å². The van der Waals surface area contributed by atoms with Crippen molar-refractivity contribution >= 4 is 23.4 Å². The molecule has 0 unspecified atom stereocenters. The van der Waals surface area contributed by atoms with Gasteiger partial charge in [0.2, 0.25) is 0 Å². The number of unbranched alkanes of at least 4 members (excludes halogenated alkanes) is 1. The second-order valence-corrected chi connectivity index (χ2v) is 4.15. The first kappa shape index (κ1) is 14.7. The SMILES string of the molecule is CCCCOCCNc1cc(C(=O)O)c(Cl)cn1. The van der Waals surface area contributed by atoms with Gasteiger partial charge in [0.1, 0.15) is 5.82 Å². The van der Waals surface area contributed by atoms with Crippen LogP contribution in [0, 0.1) is 0 Å². The molecule has 0 atom stereocenters. The summed E-state index contributed by atoms with van der Waals surface area (Å²) in [6.45, 7) is 3.99. The quantitative estimate of drug-likeness (QED) is 0.712. The summed E-state index contributed by atoms with van der Waals surface area (Å²) in [6.07, 6.45) is 3.47. The van der Waals surface area contributed by atoms with E-state index in [0.717, 1.165) is 19.4 Å². The van der Waals surface area contributed by atoms with E-state index in [9.17, 15) is 4.79 Å². The Morgan fingerprint density at radius 3 is 3.00 bits per heavy atom. The van der Waals surface area contributed by atoms with Gasteiger partial charge < -0.3 is 15.2 Å². The summed E-state index contributed by atoms with van der Waals surface area (Å²) < 4.78 is 5.36. The summed E-state index contributed by atoms with van der Waals surface area (Å²) in [5.41, 5.74) is 0.0427. The molecule has 6 heteroatoms. The van der Waals surface area contributed by atoms with Gasteiger partial charge in [-0.2, -0.15) is 0 Å². The predicted molar refractivity (Wildman–Crippen MR) is 70.4 cm³/mol. The molecule has 0 radical (unpaired) electrons. The summed E-state index contributed by atoms with van der Waals surface area (Å²) in [4.78, 5) is 14.9. The molecule has 0 bridgehead atoms. The largest absolute Gasteiger partial charge is 0.478 e. The molecule has 1 heterocycles. The molecule has 0 aliphatic carbocycles. The molecule has 1 aromatic rings. The van der Waals surface area contributed by atoms with Crippen LogP contribution in [0.15, 0.2) is 12.3 Å². The highest BCUT2D eigenvalue weighted by molar-refractivity contribution is 6.33. The average Bonchev–Trinajstić information content (AvgIpc) is 2.35. The zero-order valence-corrected chi connectivity index (χ0v) is 11.0. The second kappa shape index (κ2) is 7.89. The van der Waals surface area contributed by atoms with Crippen LogP contribution in [0.3, 0.4) is 0 Å². The number of nitrogens with zero attached hydrogens (tertiary/aromatic N) is 1. The van der Waals surface area contributed by atoms with E-state index in [-0.39, 0.29) is 10.6 Å². The van der Waals surface area contributed by atoms with Crippen LogP contribution in [0.2, 0.25) is 5.02 Å². The lowest BCUT2D eigenvalue weighted by Crippen LogP contribution is -2.11. The van der Waals surface area contributed by atoms with Crippen molar-refractivity contribution in [3.63, 3.8) is 0 Å². The number of halogens is 1. The van der Waals surface area contributed by atoms with E-state index in [2.05, 4.69) is 17.2 Å². The van der Waals surface area contributed by atoms with E-state index < -0.39 is 5.97 Å². The molecule has 5 nitrogen and oxygen atoms in total.